The average Bonchev–Trinajstić information content (AvgIpc) is 3.45. The summed E-state index contributed by atoms with van der Waals surface area (Å²) in [4.78, 5) is 16.8. The summed E-state index contributed by atoms with van der Waals surface area (Å²) >= 11 is 3.26. The molecule has 0 aliphatic heterocycles. The number of amides is 1. The van der Waals surface area contributed by atoms with Crippen LogP contribution in [-0.4, -0.2) is 38.4 Å². The fourth-order valence-corrected chi connectivity index (χ4v) is 5.75. The zero-order chi connectivity index (χ0) is 20.4. The number of carbonyl (C=O) groups is 1. The number of thioether (sulfide) groups is 1. The Bertz CT molecular complexity index is 977. The standard InChI is InChI=1S/C21H26N4O2S2/c1-4-14-7-8-17-15(10-14)11-18(29-17)20-22-23-21(25(20)3)28-13-19(26)24(2)12-16-6-5-9-27-16/h5-6,9,11,14H,4,7-8,10,12-13H2,1-3H3. The third-order valence-electron chi connectivity index (χ3n) is 5.54. The van der Waals surface area contributed by atoms with Crippen molar-refractivity contribution in [3.8, 4) is 10.7 Å². The van der Waals surface area contributed by atoms with Crippen molar-refractivity contribution in [2.75, 3.05) is 12.8 Å². The highest BCUT2D eigenvalue weighted by molar-refractivity contribution is 7.99. The Labute approximate surface area is 179 Å². The Morgan fingerprint density at radius 3 is 3.07 bits per heavy atom. The molecule has 0 saturated carbocycles. The van der Waals surface area contributed by atoms with Crippen LogP contribution in [0.2, 0.25) is 0 Å². The molecule has 3 aromatic rings. The summed E-state index contributed by atoms with van der Waals surface area (Å²) in [6.45, 7) is 2.75. The molecule has 0 spiro atoms. The second-order valence-corrected chi connectivity index (χ2v) is 9.64. The first-order valence-corrected chi connectivity index (χ1v) is 11.8. The van der Waals surface area contributed by atoms with Crippen molar-refractivity contribution in [1.82, 2.24) is 19.7 Å². The lowest BCUT2D eigenvalue weighted by Crippen LogP contribution is -2.27. The van der Waals surface area contributed by atoms with E-state index in [1.807, 2.05) is 35.1 Å². The SMILES string of the molecule is CCC1CCc2sc(-c3nnc(SCC(=O)N(C)Cc4ccco4)n3C)cc2C1. The minimum Gasteiger partial charge on any atom is -0.467 e. The summed E-state index contributed by atoms with van der Waals surface area (Å²) in [5, 5.41) is 9.51. The molecule has 29 heavy (non-hydrogen) atoms. The van der Waals surface area contributed by atoms with Gasteiger partial charge >= 0.3 is 0 Å². The van der Waals surface area contributed by atoms with Crippen LogP contribution in [0.1, 0.15) is 36.0 Å². The van der Waals surface area contributed by atoms with E-state index in [4.69, 9.17) is 4.42 Å². The van der Waals surface area contributed by atoms with Crippen molar-refractivity contribution in [3.63, 3.8) is 0 Å². The van der Waals surface area contributed by atoms with Crippen LogP contribution in [0.15, 0.2) is 34.0 Å². The van der Waals surface area contributed by atoms with Gasteiger partial charge in [0, 0.05) is 19.0 Å². The molecule has 3 heterocycles. The van der Waals surface area contributed by atoms with Crippen LogP contribution in [-0.2, 0) is 31.2 Å². The number of fused-ring (bicyclic) bond motifs is 1. The summed E-state index contributed by atoms with van der Waals surface area (Å²) in [5.74, 6) is 2.82. The molecule has 0 fully saturated rings. The van der Waals surface area contributed by atoms with Crippen LogP contribution in [0, 0.1) is 5.92 Å². The van der Waals surface area contributed by atoms with Gasteiger partial charge in [-0.1, -0.05) is 25.1 Å². The molecule has 1 aliphatic carbocycles. The highest BCUT2D eigenvalue weighted by atomic mass is 32.2. The first-order valence-electron chi connectivity index (χ1n) is 9.95. The van der Waals surface area contributed by atoms with Crippen molar-refractivity contribution in [1.29, 1.82) is 0 Å². The normalized spacial score (nSPS) is 16.0. The number of thiophene rings is 1. The number of furan rings is 1. The van der Waals surface area contributed by atoms with Crippen LogP contribution in [0.4, 0.5) is 0 Å². The second-order valence-electron chi connectivity index (χ2n) is 7.56. The smallest absolute Gasteiger partial charge is 0.233 e. The van der Waals surface area contributed by atoms with E-state index < -0.39 is 0 Å². The third-order valence-corrected chi connectivity index (χ3v) is 7.78. The maximum atomic E-state index is 12.4. The van der Waals surface area contributed by atoms with Crippen LogP contribution in [0.3, 0.4) is 0 Å². The fourth-order valence-electron chi connectivity index (χ4n) is 3.67. The molecule has 0 saturated heterocycles. The molecule has 0 aromatic carbocycles. The van der Waals surface area contributed by atoms with Crippen molar-refractivity contribution in [2.24, 2.45) is 13.0 Å². The Morgan fingerprint density at radius 1 is 1.45 bits per heavy atom. The van der Waals surface area contributed by atoms with Crippen LogP contribution < -0.4 is 0 Å². The lowest BCUT2D eigenvalue weighted by Gasteiger charge is -2.19. The van der Waals surface area contributed by atoms with Gasteiger partial charge in [-0.25, -0.2) is 0 Å². The third kappa shape index (κ3) is 4.43. The molecular formula is C21H26N4O2S2. The predicted octanol–water partition coefficient (Wildman–Crippen LogP) is 4.40. The summed E-state index contributed by atoms with van der Waals surface area (Å²) < 4.78 is 7.31. The summed E-state index contributed by atoms with van der Waals surface area (Å²) in [5.41, 5.74) is 1.48. The molecule has 4 rings (SSSR count). The molecule has 1 atom stereocenters. The number of aryl methyl sites for hydroxylation is 1. The number of hydrogen-bond donors (Lipinski definition) is 0. The summed E-state index contributed by atoms with van der Waals surface area (Å²) in [6, 6.07) is 5.99. The minimum atomic E-state index is 0.0353. The van der Waals surface area contributed by atoms with Gasteiger partial charge in [0.15, 0.2) is 11.0 Å². The van der Waals surface area contributed by atoms with E-state index in [-0.39, 0.29) is 5.91 Å². The van der Waals surface area contributed by atoms with E-state index in [0.29, 0.717) is 12.3 Å². The number of aromatic nitrogens is 3. The van der Waals surface area contributed by atoms with Gasteiger partial charge in [0.25, 0.3) is 0 Å². The zero-order valence-corrected chi connectivity index (χ0v) is 18.7. The van der Waals surface area contributed by atoms with Crippen LogP contribution >= 0.6 is 23.1 Å². The Hall–Kier alpha value is -2.06. The van der Waals surface area contributed by atoms with Crippen LogP contribution in [0.5, 0.6) is 0 Å². The molecule has 3 aromatic heterocycles. The van der Waals surface area contributed by atoms with Gasteiger partial charge in [0.2, 0.25) is 5.91 Å². The van der Waals surface area contributed by atoms with Gasteiger partial charge in [0.1, 0.15) is 5.76 Å². The summed E-state index contributed by atoms with van der Waals surface area (Å²) in [7, 11) is 3.76. The van der Waals surface area contributed by atoms with E-state index in [1.165, 1.54) is 52.8 Å². The van der Waals surface area contributed by atoms with Crippen molar-refractivity contribution in [2.45, 2.75) is 44.3 Å². The average molecular weight is 431 g/mol. The molecule has 0 radical (unpaired) electrons. The maximum Gasteiger partial charge on any atom is 0.233 e. The van der Waals surface area contributed by atoms with Gasteiger partial charge in [0.05, 0.1) is 23.4 Å². The second kappa shape index (κ2) is 8.75. The van der Waals surface area contributed by atoms with Crippen molar-refractivity contribution in [3.05, 3.63) is 40.7 Å². The molecule has 1 unspecified atom stereocenters. The summed E-state index contributed by atoms with van der Waals surface area (Å²) in [6.07, 6.45) is 6.51. The van der Waals surface area contributed by atoms with Crippen molar-refractivity contribution < 1.29 is 9.21 Å². The number of hydrogen-bond acceptors (Lipinski definition) is 6. The Kier molecular flexibility index (Phi) is 6.10. The molecule has 1 aliphatic rings. The molecule has 0 bridgehead atoms. The highest BCUT2D eigenvalue weighted by Crippen LogP contribution is 2.38. The largest absolute Gasteiger partial charge is 0.467 e. The first kappa shape index (κ1) is 20.2. The molecule has 154 valence electrons. The maximum absolute atomic E-state index is 12.4. The predicted molar refractivity (Wildman–Crippen MR) is 116 cm³/mol. The van der Waals surface area contributed by atoms with E-state index >= 15 is 0 Å². The van der Waals surface area contributed by atoms with E-state index in [0.717, 1.165) is 22.7 Å². The van der Waals surface area contributed by atoms with Crippen LogP contribution in [0.25, 0.3) is 10.7 Å². The van der Waals surface area contributed by atoms with Gasteiger partial charge in [-0.15, -0.1) is 21.5 Å². The highest BCUT2D eigenvalue weighted by Gasteiger charge is 2.23. The number of rotatable bonds is 7. The zero-order valence-electron chi connectivity index (χ0n) is 17.1. The molecular weight excluding hydrogens is 404 g/mol. The van der Waals surface area contributed by atoms with Gasteiger partial charge in [-0.3, -0.25) is 4.79 Å². The van der Waals surface area contributed by atoms with Gasteiger partial charge in [-0.2, -0.15) is 0 Å². The first-order chi connectivity index (χ1) is 14.0. The molecule has 1 amide bonds. The minimum absolute atomic E-state index is 0.0353. The van der Waals surface area contributed by atoms with E-state index in [9.17, 15) is 4.79 Å². The molecule has 6 nitrogen and oxygen atoms in total. The monoisotopic (exact) mass is 430 g/mol. The Balaban J connectivity index is 1.40. The van der Waals surface area contributed by atoms with Gasteiger partial charge < -0.3 is 13.9 Å². The lowest BCUT2D eigenvalue weighted by molar-refractivity contribution is -0.127. The quantitative estimate of drug-likeness (QED) is 0.520. The number of carbonyl (C=O) groups excluding carboxylic acids is 1. The van der Waals surface area contributed by atoms with E-state index in [2.05, 4.69) is 23.2 Å². The number of nitrogens with zero attached hydrogens (tertiary/aromatic N) is 4. The molecule has 0 N–H and O–H groups in total. The lowest BCUT2D eigenvalue weighted by atomic mass is 9.87. The van der Waals surface area contributed by atoms with Gasteiger partial charge in [-0.05, 0) is 48.9 Å². The molecule has 8 heteroatoms. The fraction of sp³-hybridized carbons (Fsp3) is 0.476. The van der Waals surface area contributed by atoms with E-state index in [1.54, 1.807) is 18.2 Å². The Morgan fingerprint density at radius 2 is 2.31 bits per heavy atom. The van der Waals surface area contributed by atoms with Crippen molar-refractivity contribution >= 4 is 29.0 Å². The topological polar surface area (TPSA) is 64.2 Å².